The lowest BCUT2D eigenvalue weighted by molar-refractivity contribution is 0.768. The van der Waals surface area contributed by atoms with Crippen molar-refractivity contribution >= 4 is 11.4 Å². The Hall–Kier alpha value is -2.47. The van der Waals surface area contributed by atoms with Gasteiger partial charge in [0.2, 0.25) is 0 Å². The minimum Gasteiger partial charge on any atom is -0.397 e. The third-order valence-corrected chi connectivity index (χ3v) is 3.20. The fourth-order valence-corrected chi connectivity index (χ4v) is 2.29. The van der Waals surface area contributed by atoms with Gasteiger partial charge >= 0.3 is 0 Å². The first-order chi connectivity index (χ1) is 9.74. The Bertz CT molecular complexity index is 614. The van der Waals surface area contributed by atoms with Crippen molar-refractivity contribution in [2.24, 2.45) is 0 Å². The van der Waals surface area contributed by atoms with Crippen molar-refractivity contribution in [3.05, 3.63) is 59.7 Å². The van der Waals surface area contributed by atoms with Crippen LogP contribution >= 0.6 is 0 Å². The van der Waals surface area contributed by atoms with Crippen LogP contribution in [0.3, 0.4) is 0 Å². The van der Waals surface area contributed by atoms with Crippen LogP contribution in [0.2, 0.25) is 0 Å². The van der Waals surface area contributed by atoms with Crippen LogP contribution in [0.25, 0.3) is 0 Å². The first kappa shape index (κ1) is 14.0. The number of para-hydroxylation sites is 2. The average Bonchev–Trinajstić information content (AvgIpc) is 2.47. The minimum absolute atomic E-state index is 0.694. The molecule has 0 saturated carbocycles. The van der Waals surface area contributed by atoms with E-state index in [0.29, 0.717) is 5.56 Å². The van der Waals surface area contributed by atoms with E-state index in [2.05, 4.69) is 17.9 Å². The Morgan fingerprint density at radius 1 is 1.15 bits per heavy atom. The van der Waals surface area contributed by atoms with Crippen LogP contribution in [0, 0.1) is 11.3 Å². The summed E-state index contributed by atoms with van der Waals surface area (Å²) in [6.45, 7) is 3.85. The molecule has 0 bridgehead atoms. The van der Waals surface area contributed by atoms with Gasteiger partial charge in [0.1, 0.15) is 0 Å². The Kier molecular flexibility index (Phi) is 4.62. The minimum atomic E-state index is 0.694. The summed E-state index contributed by atoms with van der Waals surface area (Å²) in [7, 11) is 0. The predicted octanol–water partition coefficient (Wildman–Crippen LogP) is 3.56. The lowest BCUT2D eigenvalue weighted by Crippen LogP contribution is -2.24. The van der Waals surface area contributed by atoms with Gasteiger partial charge in [0.05, 0.1) is 23.0 Å². The molecule has 0 aliphatic carbocycles. The topological polar surface area (TPSA) is 53.0 Å². The van der Waals surface area contributed by atoms with Crippen LogP contribution in [0.1, 0.15) is 24.5 Å². The molecule has 3 nitrogen and oxygen atoms in total. The van der Waals surface area contributed by atoms with Crippen molar-refractivity contribution in [1.29, 1.82) is 5.26 Å². The normalized spacial score (nSPS) is 10.0. The second-order valence-electron chi connectivity index (χ2n) is 4.79. The molecule has 0 unspecified atom stereocenters. The van der Waals surface area contributed by atoms with Gasteiger partial charge in [-0.2, -0.15) is 5.26 Å². The van der Waals surface area contributed by atoms with Gasteiger partial charge in [0.25, 0.3) is 0 Å². The van der Waals surface area contributed by atoms with E-state index < -0.39 is 0 Å². The SMILES string of the molecule is CCCN(Cc1cccc(C#N)c1)c1ccccc1N. The van der Waals surface area contributed by atoms with Crippen LogP contribution < -0.4 is 10.6 Å². The van der Waals surface area contributed by atoms with Crippen molar-refractivity contribution in [2.75, 3.05) is 17.2 Å². The molecule has 0 aliphatic rings. The van der Waals surface area contributed by atoms with Gasteiger partial charge < -0.3 is 10.6 Å². The standard InChI is InChI=1S/C17H19N3/c1-2-10-20(17-9-4-3-8-16(17)19)13-15-7-5-6-14(11-15)12-18/h3-9,11H,2,10,13,19H2,1H3. The number of nitriles is 1. The van der Waals surface area contributed by atoms with E-state index in [1.165, 1.54) is 0 Å². The van der Waals surface area contributed by atoms with Crippen LogP contribution in [0.5, 0.6) is 0 Å². The fourth-order valence-electron chi connectivity index (χ4n) is 2.29. The number of nitrogens with two attached hydrogens (primary N) is 1. The quantitative estimate of drug-likeness (QED) is 0.841. The van der Waals surface area contributed by atoms with Crippen molar-refractivity contribution < 1.29 is 0 Å². The maximum absolute atomic E-state index is 8.98. The summed E-state index contributed by atoms with van der Waals surface area (Å²) in [5.74, 6) is 0. The first-order valence-corrected chi connectivity index (χ1v) is 6.83. The zero-order valence-corrected chi connectivity index (χ0v) is 11.7. The highest BCUT2D eigenvalue weighted by Gasteiger charge is 2.09. The number of rotatable bonds is 5. The number of hydrogen-bond acceptors (Lipinski definition) is 3. The van der Waals surface area contributed by atoms with E-state index in [9.17, 15) is 0 Å². The van der Waals surface area contributed by atoms with Crippen molar-refractivity contribution in [3.8, 4) is 6.07 Å². The Morgan fingerprint density at radius 2 is 1.95 bits per heavy atom. The molecule has 2 aromatic rings. The molecule has 2 N–H and O–H groups in total. The lowest BCUT2D eigenvalue weighted by Gasteiger charge is -2.26. The molecular weight excluding hydrogens is 246 g/mol. The molecule has 102 valence electrons. The third kappa shape index (κ3) is 3.30. The van der Waals surface area contributed by atoms with Crippen LogP contribution in [-0.2, 0) is 6.54 Å². The average molecular weight is 265 g/mol. The molecule has 2 rings (SSSR count). The van der Waals surface area contributed by atoms with Gasteiger partial charge in [-0.15, -0.1) is 0 Å². The molecule has 3 heteroatoms. The number of benzene rings is 2. The van der Waals surface area contributed by atoms with Crippen molar-refractivity contribution in [1.82, 2.24) is 0 Å². The number of anilines is 2. The van der Waals surface area contributed by atoms with E-state index in [1.54, 1.807) is 0 Å². The van der Waals surface area contributed by atoms with Gasteiger partial charge in [-0.25, -0.2) is 0 Å². The predicted molar refractivity (Wildman–Crippen MR) is 83.4 cm³/mol. The molecule has 0 saturated heterocycles. The molecule has 0 fully saturated rings. The van der Waals surface area contributed by atoms with Crippen LogP contribution in [-0.4, -0.2) is 6.54 Å². The van der Waals surface area contributed by atoms with E-state index in [-0.39, 0.29) is 0 Å². The molecule has 0 spiro atoms. The first-order valence-electron chi connectivity index (χ1n) is 6.83. The summed E-state index contributed by atoms with van der Waals surface area (Å²) in [6, 6.07) is 17.8. The highest BCUT2D eigenvalue weighted by atomic mass is 15.1. The van der Waals surface area contributed by atoms with E-state index in [1.807, 2.05) is 48.5 Å². The summed E-state index contributed by atoms with van der Waals surface area (Å²) in [6.07, 6.45) is 1.05. The highest BCUT2D eigenvalue weighted by molar-refractivity contribution is 5.67. The molecule has 2 aromatic carbocycles. The van der Waals surface area contributed by atoms with Gasteiger partial charge in [-0.1, -0.05) is 31.2 Å². The summed E-state index contributed by atoms with van der Waals surface area (Å²) in [5.41, 5.74) is 9.73. The zero-order chi connectivity index (χ0) is 14.4. The van der Waals surface area contributed by atoms with Crippen LogP contribution in [0.15, 0.2) is 48.5 Å². The Labute approximate surface area is 120 Å². The fraction of sp³-hybridized carbons (Fsp3) is 0.235. The number of nitrogens with zero attached hydrogens (tertiary/aromatic N) is 2. The second-order valence-corrected chi connectivity index (χ2v) is 4.79. The molecule has 0 amide bonds. The summed E-state index contributed by atoms with van der Waals surface area (Å²) in [5, 5.41) is 8.98. The molecular formula is C17H19N3. The second kappa shape index (κ2) is 6.63. The molecule has 20 heavy (non-hydrogen) atoms. The molecule has 0 aliphatic heterocycles. The van der Waals surface area contributed by atoms with Gasteiger partial charge in [-0.3, -0.25) is 0 Å². The smallest absolute Gasteiger partial charge is 0.0991 e. The van der Waals surface area contributed by atoms with Crippen molar-refractivity contribution in [2.45, 2.75) is 19.9 Å². The summed E-state index contributed by atoms with van der Waals surface area (Å²) >= 11 is 0. The summed E-state index contributed by atoms with van der Waals surface area (Å²) < 4.78 is 0. The maximum Gasteiger partial charge on any atom is 0.0991 e. The maximum atomic E-state index is 8.98. The monoisotopic (exact) mass is 265 g/mol. The third-order valence-electron chi connectivity index (χ3n) is 3.20. The molecule has 0 radical (unpaired) electrons. The highest BCUT2D eigenvalue weighted by Crippen LogP contribution is 2.24. The molecule has 0 atom stereocenters. The Balaban J connectivity index is 2.26. The molecule has 0 aromatic heterocycles. The van der Waals surface area contributed by atoms with E-state index >= 15 is 0 Å². The lowest BCUT2D eigenvalue weighted by atomic mass is 10.1. The van der Waals surface area contributed by atoms with Gasteiger partial charge in [-0.05, 0) is 36.2 Å². The number of nitrogen functional groups attached to an aromatic ring is 1. The largest absolute Gasteiger partial charge is 0.397 e. The van der Waals surface area contributed by atoms with E-state index in [0.717, 1.165) is 36.4 Å². The van der Waals surface area contributed by atoms with Gasteiger partial charge in [0.15, 0.2) is 0 Å². The number of hydrogen-bond donors (Lipinski definition) is 1. The Morgan fingerprint density at radius 3 is 2.65 bits per heavy atom. The van der Waals surface area contributed by atoms with Gasteiger partial charge in [0, 0.05) is 13.1 Å². The zero-order valence-electron chi connectivity index (χ0n) is 11.7. The summed E-state index contributed by atoms with van der Waals surface area (Å²) in [4.78, 5) is 2.26. The van der Waals surface area contributed by atoms with Crippen molar-refractivity contribution in [3.63, 3.8) is 0 Å². The van der Waals surface area contributed by atoms with E-state index in [4.69, 9.17) is 11.0 Å². The molecule has 0 heterocycles. The van der Waals surface area contributed by atoms with Crippen LogP contribution in [0.4, 0.5) is 11.4 Å².